The van der Waals surface area contributed by atoms with E-state index in [1.165, 1.54) is 6.92 Å². The Morgan fingerprint density at radius 3 is 2.50 bits per heavy atom. The van der Waals surface area contributed by atoms with E-state index < -0.39 is 11.7 Å². The molecule has 1 N–H and O–H groups in total. The minimum Gasteiger partial charge on any atom is -0.444 e. The van der Waals surface area contributed by atoms with Crippen molar-refractivity contribution in [3.05, 3.63) is 35.4 Å². The lowest BCUT2D eigenvalue weighted by atomic mass is 10.0. The van der Waals surface area contributed by atoms with E-state index in [0.717, 1.165) is 0 Å². The summed E-state index contributed by atoms with van der Waals surface area (Å²) in [6, 6.07) is 6.78. The van der Waals surface area contributed by atoms with Crippen LogP contribution >= 0.6 is 0 Å². The van der Waals surface area contributed by atoms with E-state index in [1.807, 2.05) is 0 Å². The molecule has 0 radical (unpaired) electrons. The van der Waals surface area contributed by atoms with Gasteiger partial charge >= 0.3 is 6.09 Å². The van der Waals surface area contributed by atoms with Crippen molar-refractivity contribution in [1.82, 2.24) is 10.2 Å². The number of nitrogens with one attached hydrogen (secondary N) is 1. The fourth-order valence-electron chi connectivity index (χ4n) is 2.69. The summed E-state index contributed by atoms with van der Waals surface area (Å²) in [7, 11) is 0. The molecule has 142 valence electrons. The van der Waals surface area contributed by atoms with Gasteiger partial charge in [-0.1, -0.05) is 18.2 Å². The number of hydrogen-bond donors (Lipinski definition) is 1. The predicted octanol–water partition coefficient (Wildman–Crippen LogP) is 2.25. The van der Waals surface area contributed by atoms with Crippen LogP contribution in [0.3, 0.4) is 0 Å². The zero-order chi connectivity index (χ0) is 19.3. The fourth-order valence-corrected chi connectivity index (χ4v) is 2.69. The van der Waals surface area contributed by atoms with Gasteiger partial charge in [0.15, 0.2) is 5.78 Å². The van der Waals surface area contributed by atoms with Crippen molar-refractivity contribution in [1.29, 1.82) is 0 Å². The Hall–Kier alpha value is -2.41. The van der Waals surface area contributed by atoms with Crippen LogP contribution in [0.1, 0.15) is 48.4 Å². The second kappa shape index (κ2) is 8.31. The molecule has 0 aromatic heterocycles. The molecule has 26 heavy (non-hydrogen) atoms. The second-order valence-corrected chi connectivity index (χ2v) is 7.23. The van der Waals surface area contributed by atoms with Gasteiger partial charge in [0.05, 0.1) is 18.3 Å². The number of carbonyl (C=O) groups excluding carboxylic acids is 3. The highest BCUT2D eigenvalue weighted by Gasteiger charge is 2.27. The molecule has 7 heteroatoms. The highest BCUT2D eigenvalue weighted by Crippen LogP contribution is 2.15. The number of carbonyl (C=O) groups is 3. The number of hydrogen-bond acceptors (Lipinski definition) is 5. The first-order valence-corrected chi connectivity index (χ1v) is 8.65. The molecule has 1 fully saturated rings. The molecule has 1 aliphatic heterocycles. The van der Waals surface area contributed by atoms with Crippen molar-refractivity contribution in [2.24, 2.45) is 0 Å². The molecule has 0 spiro atoms. The van der Waals surface area contributed by atoms with Crippen LogP contribution in [-0.2, 0) is 9.47 Å². The number of benzene rings is 1. The van der Waals surface area contributed by atoms with E-state index >= 15 is 0 Å². The Morgan fingerprint density at radius 2 is 1.88 bits per heavy atom. The first kappa shape index (κ1) is 19.9. The number of Topliss-reactive ketones (excluding diaryl/α,β-unsaturated/α-hetero) is 1. The summed E-state index contributed by atoms with van der Waals surface area (Å²) in [6.07, 6.45) is -0.851. The van der Waals surface area contributed by atoms with Gasteiger partial charge < -0.3 is 19.7 Å². The molecular weight excluding hydrogens is 336 g/mol. The SMILES string of the molecule is CC(=O)c1ccccc1C(=O)N1CCOC(CNC(=O)OC(C)(C)C)C1. The van der Waals surface area contributed by atoms with Crippen molar-refractivity contribution in [2.75, 3.05) is 26.2 Å². The number of morpholine rings is 1. The largest absolute Gasteiger partial charge is 0.444 e. The third-order valence-corrected chi connectivity index (χ3v) is 3.84. The number of ketones is 1. The van der Waals surface area contributed by atoms with Crippen LogP contribution in [0, 0.1) is 0 Å². The van der Waals surface area contributed by atoms with Gasteiger partial charge in [-0.2, -0.15) is 0 Å². The maximum absolute atomic E-state index is 12.8. The standard InChI is InChI=1S/C19H26N2O5/c1-13(22)15-7-5-6-8-16(15)17(23)21-9-10-25-14(12-21)11-20-18(24)26-19(2,3)4/h5-8,14H,9-12H2,1-4H3,(H,20,24). The van der Waals surface area contributed by atoms with Crippen LogP contribution in [0.25, 0.3) is 0 Å². The van der Waals surface area contributed by atoms with Crippen molar-refractivity contribution in [3.63, 3.8) is 0 Å². The van der Waals surface area contributed by atoms with Crippen molar-refractivity contribution < 1.29 is 23.9 Å². The van der Waals surface area contributed by atoms with Crippen molar-refractivity contribution >= 4 is 17.8 Å². The Balaban J connectivity index is 1.97. The van der Waals surface area contributed by atoms with Crippen LogP contribution in [-0.4, -0.2) is 60.6 Å². The second-order valence-electron chi connectivity index (χ2n) is 7.23. The molecule has 0 bridgehead atoms. The maximum Gasteiger partial charge on any atom is 0.407 e. The van der Waals surface area contributed by atoms with Gasteiger partial charge in [-0.3, -0.25) is 9.59 Å². The van der Waals surface area contributed by atoms with Gasteiger partial charge in [0.25, 0.3) is 5.91 Å². The average Bonchev–Trinajstić information content (AvgIpc) is 2.58. The van der Waals surface area contributed by atoms with Crippen LogP contribution in [0.4, 0.5) is 4.79 Å². The summed E-state index contributed by atoms with van der Waals surface area (Å²) < 4.78 is 10.8. The summed E-state index contributed by atoms with van der Waals surface area (Å²) >= 11 is 0. The Morgan fingerprint density at radius 1 is 1.23 bits per heavy atom. The van der Waals surface area contributed by atoms with Crippen LogP contribution in [0.2, 0.25) is 0 Å². The van der Waals surface area contributed by atoms with Crippen molar-refractivity contribution in [2.45, 2.75) is 39.4 Å². The lowest BCUT2D eigenvalue weighted by Gasteiger charge is -2.33. The van der Waals surface area contributed by atoms with Crippen LogP contribution in [0.5, 0.6) is 0 Å². The number of alkyl carbamates (subject to hydrolysis) is 1. The first-order valence-electron chi connectivity index (χ1n) is 8.65. The topological polar surface area (TPSA) is 84.9 Å². The van der Waals surface area contributed by atoms with Gasteiger partial charge in [-0.05, 0) is 33.8 Å². The third kappa shape index (κ3) is 5.56. The predicted molar refractivity (Wildman–Crippen MR) is 96.3 cm³/mol. The Kier molecular flexibility index (Phi) is 6.37. The smallest absolute Gasteiger partial charge is 0.407 e. The number of ether oxygens (including phenoxy) is 2. The minimum absolute atomic E-state index is 0.148. The number of nitrogens with zero attached hydrogens (tertiary/aromatic N) is 1. The Labute approximate surface area is 153 Å². The zero-order valence-electron chi connectivity index (χ0n) is 15.7. The van der Waals surface area contributed by atoms with Crippen LogP contribution in [0.15, 0.2) is 24.3 Å². The summed E-state index contributed by atoms with van der Waals surface area (Å²) in [4.78, 5) is 38.0. The molecule has 0 saturated carbocycles. The van der Waals surface area contributed by atoms with Crippen LogP contribution < -0.4 is 5.32 Å². The molecule has 7 nitrogen and oxygen atoms in total. The quantitative estimate of drug-likeness (QED) is 0.831. The number of amides is 2. The molecule has 1 aromatic rings. The van der Waals surface area contributed by atoms with Gasteiger partial charge in [-0.25, -0.2) is 4.79 Å². The van der Waals surface area contributed by atoms with Crippen molar-refractivity contribution in [3.8, 4) is 0 Å². The summed E-state index contributed by atoms with van der Waals surface area (Å²) in [6.45, 7) is 8.19. The highest BCUT2D eigenvalue weighted by molar-refractivity contribution is 6.07. The monoisotopic (exact) mass is 362 g/mol. The fraction of sp³-hybridized carbons (Fsp3) is 0.526. The maximum atomic E-state index is 12.8. The van der Waals surface area contributed by atoms with Gasteiger partial charge in [0.2, 0.25) is 0 Å². The summed E-state index contributed by atoms with van der Waals surface area (Å²) in [5.74, 6) is -0.355. The molecule has 1 saturated heterocycles. The molecule has 2 amide bonds. The lowest BCUT2D eigenvalue weighted by molar-refractivity contribution is -0.0218. The molecule has 0 aliphatic carbocycles. The summed E-state index contributed by atoms with van der Waals surface area (Å²) in [5, 5.41) is 2.66. The molecule has 1 aromatic carbocycles. The highest BCUT2D eigenvalue weighted by atomic mass is 16.6. The summed E-state index contributed by atoms with van der Waals surface area (Å²) in [5.41, 5.74) is 0.226. The van der Waals surface area contributed by atoms with E-state index in [9.17, 15) is 14.4 Å². The normalized spacial score (nSPS) is 17.5. The molecule has 1 heterocycles. The van der Waals surface area contributed by atoms with Gasteiger partial charge in [-0.15, -0.1) is 0 Å². The average molecular weight is 362 g/mol. The van der Waals surface area contributed by atoms with Gasteiger partial charge in [0.1, 0.15) is 5.60 Å². The third-order valence-electron chi connectivity index (χ3n) is 3.84. The Bertz CT molecular complexity index is 681. The molecule has 1 unspecified atom stereocenters. The minimum atomic E-state index is -0.574. The first-order chi connectivity index (χ1) is 12.2. The van der Waals surface area contributed by atoms with E-state index in [1.54, 1.807) is 49.9 Å². The number of rotatable bonds is 4. The van der Waals surface area contributed by atoms with Gasteiger partial charge in [0, 0.05) is 25.2 Å². The molecular formula is C19H26N2O5. The zero-order valence-corrected chi connectivity index (χ0v) is 15.7. The van der Waals surface area contributed by atoms with E-state index in [4.69, 9.17) is 9.47 Å². The van der Waals surface area contributed by atoms with E-state index in [0.29, 0.717) is 30.8 Å². The lowest BCUT2D eigenvalue weighted by Crippen LogP contribution is -2.50. The molecule has 1 aliphatic rings. The van der Waals surface area contributed by atoms with E-state index in [2.05, 4.69) is 5.32 Å². The molecule has 1 atom stereocenters. The molecule has 2 rings (SSSR count). The van der Waals surface area contributed by atoms with E-state index in [-0.39, 0.29) is 24.3 Å².